The Bertz CT molecular complexity index is 572. The molecule has 3 rings (SSSR count). The molecule has 1 aromatic rings. The summed E-state index contributed by atoms with van der Waals surface area (Å²) in [4.78, 5) is 20.8. The number of rotatable bonds is 4. The van der Waals surface area contributed by atoms with Crippen molar-refractivity contribution in [1.29, 1.82) is 0 Å². The lowest BCUT2D eigenvalue weighted by molar-refractivity contribution is 0.0223. The third-order valence-electron chi connectivity index (χ3n) is 4.46. The maximum absolute atomic E-state index is 10.8. The first-order valence-corrected chi connectivity index (χ1v) is 8.74. The molecule has 0 spiro atoms. The minimum atomic E-state index is -0.916. The number of aromatic nitrogens is 2. The Morgan fingerprint density at radius 3 is 2.74 bits per heavy atom. The molecule has 1 aliphatic carbocycles. The van der Waals surface area contributed by atoms with Gasteiger partial charge >= 0.3 is 6.09 Å². The van der Waals surface area contributed by atoms with Crippen LogP contribution in [-0.4, -0.2) is 51.3 Å². The maximum atomic E-state index is 10.8. The highest BCUT2D eigenvalue weighted by Crippen LogP contribution is 2.28. The first-order chi connectivity index (χ1) is 11.0. The van der Waals surface area contributed by atoms with Gasteiger partial charge in [-0.05, 0) is 47.5 Å². The van der Waals surface area contributed by atoms with Gasteiger partial charge in [-0.15, -0.1) is 0 Å². The molecule has 1 amide bonds. The molecule has 0 aromatic carbocycles. The second-order valence-corrected chi connectivity index (χ2v) is 7.23. The zero-order chi connectivity index (χ0) is 16.4. The quantitative estimate of drug-likeness (QED) is 0.829. The van der Waals surface area contributed by atoms with E-state index >= 15 is 0 Å². The average molecular weight is 385 g/mol. The van der Waals surface area contributed by atoms with Crippen LogP contribution in [0.25, 0.3) is 0 Å². The van der Waals surface area contributed by atoms with Gasteiger partial charge in [0.15, 0.2) is 0 Å². The van der Waals surface area contributed by atoms with Gasteiger partial charge in [0.2, 0.25) is 11.8 Å². The van der Waals surface area contributed by atoms with Crippen LogP contribution in [-0.2, 0) is 0 Å². The van der Waals surface area contributed by atoms with Crippen LogP contribution in [0.15, 0.2) is 10.7 Å². The van der Waals surface area contributed by atoms with E-state index in [9.17, 15) is 4.79 Å². The van der Waals surface area contributed by atoms with Crippen LogP contribution in [0.1, 0.15) is 32.6 Å². The number of carboxylic acid groups (broad SMARTS) is 1. The third-order valence-corrected chi connectivity index (χ3v) is 5.00. The lowest BCUT2D eigenvalue weighted by atomic mass is 9.87. The normalized spacial score (nSPS) is 24.9. The Hall–Kier alpha value is -1.57. The third kappa shape index (κ3) is 4.04. The Kier molecular flexibility index (Phi) is 4.89. The van der Waals surface area contributed by atoms with Gasteiger partial charge in [0, 0.05) is 6.04 Å². The lowest BCUT2D eigenvalue weighted by Crippen LogP contribution is -2.55. The summed E-state index contributed by atoms with van der Waals surface area (Å²) in [5.74, 6) is 1.83. The summed E-state index contributed by atoms with van der Waals surface area (Å²) in [6, 6.07) is 0.409. The minimum absolute atomic E-state index is 0.152. The van der Waals surface area contributed by atoms with Crippen LogP contribution in [0, 0.1) is 5.92 Å². The number of halogens is 1. The van der Waals surface area contributed by atoms with E-state index in [1.54, 1.807) is 6.20 Å². The smallest absolute Gasteiger partial charge is 0.407 e. The number of hydrogen-bond acceptors (Lipinski definition) is 5. The van der Waals surface area contributed by atoms with E-state index in [-0.39, 0.29) is 6.10 Å². The first-order valence-electron chi connectivity index (χ1n) is 7.95. The van der Waals surface area contributed by atoms with E-state index in [1.807, 2.05) is 0 Å². The second kappa shape index (κ2) is 6.90. The van der Waals surface area contributed by atoms with Crippen LogP contribution in [0.4, 0.5) is 10.7 Å². The van der Waals surface area contributed by atoms with E-state index in [2.05, 4.69) is 38.1 Å². The highest BCUT2D eigenvalue weighted by atomic mass is 79.9. The monoisotopic (exact) mass is 384 g/mol. The molecule has 0 atom stereocenters. The molecule has 2 fully saturated rings. The van der Waals surface area contributed by atoms with Crippen molar-refractivity contribution in [2.45, 2.75) is 44.8 Å². The van der Waals surface area contributed by atoms with E-state index in [0.29, 0.717) is 35.4 Å². The molecule has 7 nitrogen and oxygen atoms in total. The van der Waals surface area contributed by atoms with Crippen LogP contribution in [0.3, 0.4) is 0 Å². The number of nitrogens with one attached hydrogen (secondary N) is 1. The van der Waals surface area contributed by atoms with Crippen molar-refractivity contribution in [3.05, 3.63) is 10.7 Å². The molecule has 0 radical (unpaired) electrons. The molecule has 1 aliphatic heterocycles. The first kappa shape index (κ1) is 16.3. The largest absolute Gasteiger partial charge is 0.470 e. The summed E-state index contributed by atoms with van der Waals surface area (Å²) < 4.78 is 6.44. The summed E-state index contributed by atoms with van der Waals surface area (Å²) >= 11 is 3.38. The fourth-order valence-electron chi connectivity index (χ4n) is 2.92. The number of carbonyl (C=O) groups is 1. The summed E-state index contributed by atoms with van der Waals surface area (Å²) in [6.45, 7) is 3.03. The number of likely N-dealkylation sites (tertiary alicyclic amines) is 1. The Morgan fingerprint density at radius 2 is 2.09 bits per heavy atom. The summed E-state index contributed by atoms with van der Waals surface area (Å²) in [5.41, 5.74) is 0. The van der Waals surface area contributed by atoms with E-state index < -0.39 is 6.09 Å². The predicted octanol–water partition coefficient (Wildman–Crippen LogP) is 2.97. The molecule has 0 unspecified atom stereocenters. The van der Waals surface area contributed by atoms with Crippen LogP contribution in [0.5, 0.6) is 5.88 Å². The lowest BCUT2D eigenvalue weighted by Gasteiger charge is -2.36. The number of ether oxygens (including phenoxy) is 1. The molecule has 23 heavy (non-hydrogen) atoms. The van der Waals surface area contributed by atoms with Gasteiger partial charge in [-0.1, -0.05) is 6.92 Å². The fraction of sp³-hybridized carbons (Fsp3) is 0.667. The van der Waals surface area contributed by atoms with Crippen molar-refractivity contribution in [2.75, 3.05) is 18.4 Å². The number of anilines is 1. The molecule has 1 saturated carbocycles. The summed E-state index contributed by atoms with van der Waals surface area (Å²) in [5, 5.41) is 12.2. The number of hydrogen-bond donors (Lipinski definition) is 2. The molecule has 126 valence electrons. The van der Waals surface area contributed by atoms with Gasteiger partial charge in [-0.2, -0.15) is 4.98 Å². The molecule has 1 saturated heterocycles. The molecular formula is C15H21BrN4O3. The standard InChI is InChI=1S/C15H21BrN4O3/c1-9-2-4-10(5-3-9)18-14-17-6-12(16)13(19-14)23-11-7-20(8-11)15(21)22/h6,9-11H,2-5,7-8H2,1H3,(H,21,22)(H,17,18,19). The summed E-state index contributed by atoms with van der Waals surface area (Å²) in [7, 11) is 0. The van der Waals surface area contributed by atoms with Crippen molar-refractivity contribution in [3.63, 3.8) is 0 Å². The van der Waals surface area contributed by atoms with Gasteiger partial charge in [0.25, 0.3) is 0 Å². The number of amides is 1. The van der Waals surface area contributed by atoms with E-state index in [1.165, 1.54) is 17.7 Å². The zero-order valence-electron chi connectivity index (χ0n) is 13.0. The molecule has 8 heteroatoms. The second-order valence-electron chi connectivity index (χ2n) is 6.38. The molecule has 0 bridgehead atoms. The highest BCUT2D eigenvalue weighted by Gasteiger charge is 2.33. The minimum Gasteiger partial charge on any atom is -0.470 e. The Labute approximate surface area is 143 Å². The van der Waals surface area contributed by atoms with Crippen molar-refractivity contribution < 1.29 is 14.6 Å². The van der Waals surface area contributed by atoms with E-state index in [0.717, 1.165) is 18.8 Å². The van der Waals surface area contributed by atoms with Gasteiger partial charge < -0.3 is 20.1 Å². The van der Waals surface area contributed by atoms with Crippen molar-refractivity contribution in [2.24, 2.45) is 5.92 Å². The molecule has 2 heterocycles. The molecule has 2 aliphatic rings. The van der Waals surface area contributed by atoms with Gasteiger partial charge in [0.1, 0.15) is 6.10 Å². The Morgan fingerprint density at radius 1 is 1.39 bits per heavy atom. The fourth-order valence-corrected chi connectivity index (χ4v) is 3.20. The highest BCUT2D eigenvalue weighted by molar-refractivity contribution is 9.10. The Balaban J connectivity index is 1.57. The van der Waals surface area contributed by atoms with Crippen molar-refractivity contribution >= 4 is 28.0 Å². The maximum Gasteiger partial charge on any atom is 0.407 e. The predicted molar refractivity (Wildman–Crippen MR) is 88.8 cm³/mol. The van der Waals surface area contributed by atoms with Crippen molar-refractivity contribution in [1.82, 2.24) is 14.9 Å². The van der Waals surface area contributed by atoms with Crippen LogP contribution < -0.4 is 10.1 Å². The summed E-state index contributed by atoms with van der Waals surface area (Å²) in [6.07, 6.45) is 5.32. The zero-order valence-corrected chi connectivity index (χ0v) is 14.6. The average Bonchev–Trinajstić information content (AvgIpc) is 2.47. The number of nitrogens with zero attached hydrogens (tertiary/aromatic N) is 3. The van der Waals surface area contributed by atoms with Gasteiger partial charge in [0.05, 0.1) is 23.8 Å². The van der Waals surface area contributed by atoms with Crippen LogP contribution in [0.2, 0.25) is 0 Å². The van der Waals surface area contributed by atoms with Gasteiger partial charge in [-0.25, -0.2) is 9.78 Å². The van der Waals surface area contributed by atoms with E-state index in [4.69, 9.17) is 9.84 Å². The van der Waals surface area contributed by atoms with Gasteiger partial charge in [-0.3, -0.25) is 0 Å². The topological polar surface area (TPSA) is 87.6 Å². The molecule has 1 aromatic heterocycles. The van der Waals surface area contributed by atoms with Crippen LogP contribution >= 0.6 is 15.9 Å². The van der Waals surface area contributed by atoms with Crippen molar-refractivity contribution in [3.8, 4) is 5.88 Å². The molecular weight excluding hydrogens is 364 g/mol. The SMILES string of the molecule is CC1CCC(Nc2ncc(Br)c(OC3CN(C(=O)O)C3)n2)CC1. The molecule has 2 N–H and O–H groups in total.